The first kappa shape index (κ1) is 8.20. The molecule has 11 heavy (non-hydrogen) atoms. The zero-order chi connectivity index (χ0) is 8.48. The van der Waals surface area contributed by atoms with Gasteiger partial charge in [0.15, 0.2) is 0 Å². The Balaban J connectivity index is 2.78. The average molecular weight is 154 g/mol. The summed E-state index contributed by atoms with van der Waals surface area (Å²) in [7, 11) is 0. The maximum Gasteiger partial charge on any atom is 0.141 e. The summed E-state index contributed by atoms with van der Waals surface area (Å²) in [6.45, 7) is 6.21. The molecule has 0 spiro atoms. The molecular formula is C7H14N4. The highest BCUT2D eigenvalue weighted by molar-refractivity contribution is 4.95. The number of hydrogen-bond donors (Lipinski definition) is 2. The molecule has 1 rings (SSSR count). The topological polar surface area (TPSA) is 67.6 Å². The number of rotatable bonds is 1. The van der Waals surface area contributed by atoms with Crippen LogP contribution in [0.25, 0.3) is 0 Å². The minimum Gasteiger partial charge on any atom is -0.321 e. The van der Waals surface area contributed by atoms with E-state index in [-0.39, 0.29) is 11.5 Å². The molecule has 0 aromatic carbocycles. The molecule has 0 amide bonds. The van der Waals surface area contributed by atoms with E-state index in [1.54, 1.807) is 0 Å². The minimum absolute atomic E-state index is 0.0273. The Labute approximate surface area is 66.2 Å². The molecule has 4 heteroatoms. The van der Waals surface area contributed by atoms with Crippen molar-refractivity contribution >= 4 is 0 Å². The molecule has 0 bridgehead atoms. The predicted molar refractivity (Wildman–Crippen MR) is 42.8 cm³/mol. The number of aromatic amines is 1. The first-order valence-corrected chi connectivity index (χ1v) is 3.62. The van der Waals surface area contributed by atoms with Crippen LogP contribution in [0.2, 0.25) is 0 Å². The number of nitrogens with two attached hydrogens (primary N) is 1. The highest BCUT2D eigenvalue weighted by Gasteiger charge is 2.24. The van der Waals surface area contributed by atoms with Gasteiger partial charge in [-0.15, -0.1) is 0 Å². The second-order valence-corrected chi connectivity index (χ2v) is 3.71. The van der Waals surface area contributed by atoms with Gasteiger partial charge in [-0.2, -0.15) is 5.10 Å². The molecule has 1 aromatic rings. The van der Waals surface area contributed by atoms with Crippen LogP contribution in [-0.2, 0) is 0 Å². The molecule has 0 saturated heterocycles. The fraction of sp³-hybridized carbons (Fsp3) is 0.714. The Hall–Kier alpha value is -0.900. The van der Waals surface area contributed by atoms with Crippen LogP contribution in [-0.4, -0.2) is 15.2 Å². The van der Waals surface area contributed by atoms with Crippen molar-refractivity contribution in [1.82, 2.24) is 15.2 Å². The quantitative estimate of drug-likeness (QED) is 0.630. The Morgan fingerprint density at radius 1 is 1.55 bits per heavy atom. The maximum atomic E-state index is 5.88. The molecular weight excluding hydrogens is 140 g/mol. The zero-order valence-corrected chi connectivity index (χ0v) is 7.13. The van der Waals surface area contributed by atoms with E-state index in [0.717, 1.165) is 5.82 Å². The van der Waals surface area contributed by atoms with E-state index in [4.69, 9.17) is 5.73 Å². The number of H-pyrrole nitrogens is 1. The second-order valence-electron chi connectivity index (χ2n) is 3.71. The average Bonchev–Trinajstić information content (AvgIpc) is 2.34. The van der Waals surface area contributed by atoms with Crippen LogP contribution >= 0.6 is 0 Å². The summed E-state index contributed by atoms with van der Waals surface area (Å²) in [6.07, 6.45) is 1.47. The fourth-order valence-electron chi connectivity index (χ4n) is 0.775. The summed E-state index contributed by atoms with van der Waals surface area (Å²) in [5.41, 5.74) is 5.91. The van der Waals surface area contributed by atoms with Crippen molar-refractivity contribution in [2.24, 2.45) is 11.1 Å². The Morgan fingerprint density at radius 3 is 2.55 bits per heavy atom. The Bertz CT molecular complexity index is 209. The maximum absolute atomic E-state index is 5.88. The van der Waals surface area contributed by atoms with E-state index in [9.17, 15) is 0 Å². The standard InChI is InChI=1S/C7H14N4/c1-7(2,3)5(8)6-9-4-10-11-6/h4-5H,8H2,1-3H3,(H,9,10,11)/t5-/m0/s1. The third-order valence-electron chi connectivity index (χ3n) is 1.66. The highest BCUT2D eigenvalue weighted by Crippen LogP contribution is 2.27. The lowest BCUT2D eigenvalue weighted by Gasteiger charge is -2.24. The van der Waals surface area contributed by atoms with Gasteiger partial charge in [0.05, 0.1) is 6.04 Å². The van der Waals surface area contributed by atoms with Crippen LogP contribution < -0.4 is 5.73 Å². The van der Waals surface area contributed by atoms with Gasteiger partial charge in [-0.05, 0) is 5.41 Å². The van der Waals surface area contributed by atoms with E-state index in [1.807, 2.05) is 0 Å². The second kappa shape index (κ2) is 2.62. The van der Waals surface area contributed by atoms with Crippen molar-refractivity contribution in [3.05, 3.63) is 12.2 Å². The summed E-state index contributed by atoms with van der Waals surface area (Å²) in [5.74, 6) is 0.748. The molecule has 0 fully saturated rings. The van der Waals surface area contributed by atoms with Gasteiger partial charge < -0.3 is 5.73 Å². The minimum atomic E-state index is -0.0787. The predicted octanol–water partition coefficient (Wildman–Crippen LogP) is 0.851. The molecule has 0 unspecified atom stereocenters. The van der Waals surface area contributed by atoms with E-state index in [1.165, 1.54) is 6.33 Å². The van der Waals surface area contributed by atoms with E-state index < -0.39 is 0 Å². The summed E-state index contributed by atoms with van der Waals surface area (Å²) in [5, 5.41) is 6.50. The fourth-order valence-corrected chi connectivity index (χ4v) is 0.775. The van der Waals surface area contributed by atoms with Crippen molar-refractivity contribution in [2.75, 3.05) is 0 Å². The number of nitrogens with one attached hydrogen (secondary N) is 1. The third-order valence-corrected chi connectivity index (χ3v) is 1.66. The monoisotopic (exact) mass is 154 g/mol. The van der Waals surface area contributed by atoms with Crippen molar-refractivity contribution in [1.29, 1.82) is 0 Å². The van der Waals surface area contributed by atoms with Gasteiger partial charge in [-0.3, -0.25) is 5.10 Å². The number of nitrogens with zero attached hydrogens (tertiary/aromatic N) is 2. The lowest BCUT2D eigenvalue weighted by atomic mass is 9.87. The van der Waals surface area contributed by atoms with Gasteiger partial charge in [0.2, 0.25) is 0 Å². The molecule has 62 valence electrons. The van der Waals surface area contributed by atoms with Crippen molar-refractivity contribution in [3.8, 4) is 0 Å². The molecule has 1 atom stereocenters. The van der Waals surface area contributed by atoms with E-state index in [2.05, 4.69) is 36.0 Å². The van der Waals surface area contributed by atoms with Crippen molar-refractivity contribution in [3.63, 3.8) is 0 Å². The van der Waals surface area contributed by atoms with Crippen LogP contribution in [0.4, 0.5) is 0 Å². The Morgan fingerprint density at radius 2 is 2.18 bits per heavy atom. The van der Waals surface area contributed by atoms with Crippen LogP contribution in [0.15, 0.2) is 6.33 Å². The van der Waals surface area contributed by atoms with Crippen LogP contribution in [0.3, 0.4) is 0 Å². The lowest BCUT2D eigenvalue weighted by molar-refractivity contribution is 0.316. The van der Waals surface area contributed by atoms with Gasteiger partial charge in [-0.25, -0.2) is 4.98 Å². The van der Waals surface area contributed by atoms with Gasteiger partial charge in [0, 0.05) is 0 Å². The largest absolute Gasteiger partial charge is 0.321 e. The molecule has 1 heterocycles. The van der Waals surface area contributed by atoms with E-state index in [0.29, 0.717) is 0 Å². The van der Waals surface area contributed by atoms with Gasteiger partial charge in [-0.1, -0.05) is 20.8 Å². The summed E-state index contributed by atoms with van der Waals surface area (Å²) in [4.78, 5) is 3.99. The number of hydrogen-bond acceptors (Lipinski definition) is 3. The van der Waals surface area contributed by atoms with Gasteiger partial charge in [0.1, 0.15) is 12.2 Å². The van der Waals surface area contributed by atoms with E-state index >= 15 is 0 Å². The normalized spacial score (nSPS) is 14.9. The molecule has 0 aliphatic rings. The Kier molecular flexibility index (Phi) is 1.95. The van der Waals surface area contributed by atoms with Crippen molar-refractivity contribution < 1.29 is 0 Å². The zero-order valence-electron chi connectivity index (χ0n) is 7.13. The molecule has 1 aromatic heterocycles. The molecule has 0 aliphatic carbocycles. The van der Waals surface area contributed by atoms with Gasteiger partial charge >= 0.3 is 0 Å². The van der Waals surface area contributed by atoms with Crippen LogP contribution in [0.1, 0.15) is 32.6 Å². The molecule has 0 radical (unpaired) electrons. The smallest absolute Gasteiger partial charge is 0.141 e. The summed E-state index contributed by atoms with van der Waals surface area (Å²) >= 11 is 0. The SMILES string of the molecule is CC(C)(C)[C@@H](N)c1ncn[nH]1. The highest BCUT2D eigenvalue weighted by atomic mass is 15.2. The first-order valence-electron chi connectivity index (χ1n) is 3.62. The molecule has 0 saturated carbocycles. The molecule has 4 nitrogen and oxygen atoms in total. The van der Waals surface area contributed by atoms with Crippen molar-refractivity contribution in [2.45, 2.75) is 26.8 Å². The molecule has 3 N–H and O–H groups in total. The first-order chi connectivity index (χ1) is 5.02. The summed E-state index contributed by atoms with van der Waals surface area (Å²) < 4.78 is 0. The number of aromatic nitrogens is 3. The van der Waals surface area contributed by atoms with Crippen LogP contribution in [0, 0.1) is 5.41 Å². The summed E-state index contributed by atoms with van der Waals surface area (Å²) in [6, 6.07) is -0.0787. The van der Waals surface area contributed by atoms with Gasteiger partial charge in [0.25, 0.3) is 0 Å². The third kappa shape index (κ3) is 1.77. The molecule has 0 aliphatic heterocycles. The lowest BCUT2D eigenvalue weighted by Crippen LogP contribution is -2.27. The van der Waals surface area contributed by atoms with Crippen LogP contribution in [0.5, 0.6) is 0 Å².